The van der Waals surface area contributed by atoms with Gasteiger partial charge in [0.1, 0.15) is 5.82 Å². The van der Waals surface area contributed by atoms with Crippen LogP contribution in [0, 0.1) is 5.82 Å². The maximum atomic E-state index is 13.0. The fourth-order valence-corrected chi connectivity index (χ4v) is 3.62. The van der Waals surface area contributed by atoms with Gasteiger partial charge in [-0.25, -0.2) is 4.39 Å². The highest BCUT2D eigenvalue weighted by Crippen LogP contribution is 2.30. The lowest BCUT2D eigenvalue weighted by atomic mass is 10.0. The minimum Gasteiger partial charge on any atom is -0.376 e. The van der Waals surface area contributed by atoms with Crippen molar-refractivity contribution in [3.8, 4) is 0 Å². The number of hydrogen-bond acceptors (Lipinski definition) is 4. The summed E-state index contributed by atoms with van der Waals surface area (Å²) in [5.41, 5.74) is -0.163. The highest BCUT2D eigenvalue weighted by molar-refractivity contribution is 7.99. The Labute approximate surface area is 136 Å². The second-order valence-electron chi connectivity index (χ2n) is 4.96. The van der Waals surface area contributed by atoms with Crippen molar-refractivity contribution in [3.05, 3.63) is 29.0 Å². The maximum Gasteiger partial charge on any atom is 0.313 e. The molecule has 0 bridgehead atoms. The summed E-state index contributed by atoms with van der Waals surface area (Å²) in [5.74, 6) is -0.457. The second kappa shape index (κ2) is 7.30. The number of ether oxygens (including phenoxy) is 1. The standard InChI is InChI=1S/C14H16ClFN2O3S/c1-21-14(4-5-22-8-14)7-17-12(19)13(20)18-9-2-3-11(16)10(15)6-9/h2-3,6H,4-5,7-8H2,1H3,(H,17,19)(H,18,20). The maximum absolute atomic E-state index is 13.0. The quantitative estimate of drug-likeness (QED) is 0.819. The van der Waals surface area contributed by atoms with Crippen LogP contribution in [0.4, 0.5) is 10.1 Å². The number of carbonyl (C=O) groups excluding carboxylic acids is 2. The van der Waals surface area contributed by atoms with Crippen LogP contribution in [0.25, 0.3) is 0 Å². The fourth-order valence-electron chi connectivity index (χ4n) is 2.04. The van der Waals surface area contributed by atoms with Crippen LogP contribution in [0.2, 0.25) is 5.02 Å². The molecular formula is C14H16ClFN2O3S. The third kappa shape index (κ3) is 4.12. The minimum absolute atomic E-state index is 0.125. The van der Waals surface area contributed by atoms with Crippen LogP contribution in [-0.4, -0.2) is 42.6 Å². The van der Waals surface area contributed by atoms with Gasteiger partial charge in [-0.3, -0.25) is 9.59 Å². The van der Waals surface area contributed by atoms with Gasteiger partial charge in [-0.2, -0.15) is 11.8 Å². The number of thioether (sulfide) groups is 1. The molecule has 1 aromatic rings. The monoisotopic (exact) mass is 346 g/mol. The molecule has 0 radical (unpaired) electrons. The first kappa shape index (κ1) is 17.1. The molecule has 1 aliphatic heterocycles. The molecule has 120 valence electrons. The summed E-state index contributed by atoms with van der Waals surface area (Å²) in [6, 6.07) is 3.69. The molecule has 1 aliphatic rings. The third-order valence-electron chi connectivity index (χ3n) is 3.45. The van der Waals surface area contributed by atoms with E-state index in [0.717, 1.165) is 24.0 Å². The van der Waals surface area contributed by atoms with Crippen LogP contribution in [0.5, 0.6) is 0 Å². The van der Waals surface area contributed by atoms with Crippen molar-refractivity contribution >= 4 is 40.9 Å². The first-order valence-corrected chi connectivity index (χ1v) is 8.16. The lowest BCUT2D eigenvalue weighted by Crippen LogP contribution is -2.47. The van der Waals surface area contributed by atoms with Gasteiger partial charge in [-0.05, 0) is 30.4 Å². The summed E-state index contributed by atoms with van der Waals surface area (Å²) in [6.07, 6.45) is 0.823. The van der Waals surface area contributed by atoms with Crippen molar-refractivity contribution in [3.63, 3.8) is 0 Å². The molecule has 0 aromatic heterocycles. The predicted octanol–water partition coefficient (Wildman–Crippen LogP) is 2.06. The van der Waals surface area contributed by atoms with E-state index in [9.17, 15) is 14.0 Å². The molecular weight excluding hydrogens is 331 g/mol. The van der Waals surface area contributed by atoms with Gasteiger partial charge in [-0.1, -0.05) is 11.6 Å². The summed E-state index contributed by atoms with van der Waals surface area (Å²) in [6.45, 7) is 0.271. The van der Waals surface area contributed by atoms with E-state index in [0.29, 0.717) is 0 Å². The minimum atomic E-state index is -0.834. The zero-order valence-corrected chi connectivity index (χ0v) is 13.5. The van der Waals surface area contributed by atoms with Crippen molar-refractivity contribution in [1.82, 2.24) is 5.32 Å². The van der Waals surface area contributed by atoms with Crippen molar-refractivity contribution in [2.24, 2.45) is 0 Å². The van der Waals surface area contributed by atoms with Gasteiger partial charge in [0.2, 0.25) is 0 Å². The zero-order chi connectivity index (χ0) is 16.2. The normalized spacial score (nSPS) is 20.7. The fraction of sp³-hybridized carbons (Fsp3) is 0.429. The second-order valence-corrected chi connectivity index (χ2v) is 6.47. The van der Waals surface area contributed by atoms with Crippen molar-refractivity contribution in [1.29, 1.82) is 0 Å². The molecule has 0 aliphatic carbocycles. The SMILES string of the molecule is COC1(CNC(=O)C(=O)Nc2ccc(F)c(Cl)c2)CCSC1. The van der Waals surface area contributed by atoms with Crippen LogP contribution < -0.4 is 10.6 Å². The molecule has 1 heterocycles. The summed E-state index contributed by atoms with van der Waals surface area (Å²) < 4.78 is 18.5. The predicted molar refractivity (Wildman–Crippen MR) is 84.7 cm³/mol. The highest BCUT2D eigenvalue weighted by atomic mass is 35.5. The lowest BCUT2D eigenvalue weighted by molar-refractivity contribution is -0.136. The number of anilines is 1. The molecule has 22 heavy (non-hydrogen) atoms. The van der Waals surface area contributed by atoms with Crippen LogP contribution in [0.1, 0.15) is 6.42 Å². The van der Waals surface area contributed by atoms with E-state index in [2.05, 4.69) is 10.6 Å². The number of hydrogen-bond donors (Lipinski definition) is 2. The topological polar surface area (TPSA) is 67.4 Å². The molecule has 1 fully saturated rings. The van der Waals surface area contributed by atoms with E-state index in [-0.39, 0.29) is 17.3 Å². The number of methoxy groups -OCH3 is 1. The van der Waals surface area contributed by atoms with Gasteiger partial charge >= 0.3 is 11.8 Å². The lowest BCUT2D eigenvalue weighted by Gasteiger charge is -2.26. The summed E-state index contributed by atoms with van der Waals surface area (Å²) >= 11 is 7.36. The van der Waals surface area contributed by atoms with Gasteiger partial charge in [-0.15, -0.1) is 0 Å². The van der Waals surface area contributed by atoms with Crippen LogP contribution >= 0.6 is 23.4 Å². The first-order chi connectivity index (χ1) is 10.5. The van der Waals surface area contributed by atoms with E-state index in [1.165, 1.54) is 12.1 Å². The van der Waals surface area contributed by atoms with Crippen molar-refractivity contribution < 1.29 is 18.7 Å². The molecule has 1 atom stereocenters. The average Bonchev–Trinajstić information content (AvgIpc) is 2.98. The van der Waals surface area contributed by atoms with E-state index >= 15 is 0 Å². The number of halogens is 2. The first-order valence-electron chi connectivity index (χ1n) is 6.63. The molecule has 2 rings (SSSR count). The Balaban J connectivity index is 1.89. The Bertz CT molecular complexity index is 579. The third-order valence-corrected chi connectivity index (χ3v) is 4.97. The van der Waals surface area contributed by atoms with Gasteiger partial charge in [0.25, 0.3) is 0 Å². The Morgan fingerprint density at radius 2 is 2.23 bits per heavy atom. The molecule has 1 unspecified atom stereocenters. The number of carbonyl (C=O) groups is 2. The van der Waals surface area contributed by atoms with Crippen LogP contribution in [0.3, 0.4) is 0 Å². The zero-order valence-electron chi connectivity index (χ0n) is 11.9. The number of amides is 2. The molecule has 0 spiro atoms. The summed E-state index contributed by atoms with van der Waals surface area (Å²) in [4.78, 5) is 23.6. The van der Waals surface area contributed by atoms with E-state index in [4.69, 9.17) is 16.3 Å². The molecule has 1 saturated heterocycles. The molecule has 8 heteroatoms. The molecule has 5 nitrogen and oxygen atoms in total. The Hall–Kier alpha value is -1.31. The average molecular weight is 347 g/mol. The molecule has 0 saturated carbocycles. The summed E-state index contributed by atoms with van der Waals surface area (Å²) in [7, 11) is 1.60. The van der Waals surface area contributed by atoms with E-state index in [1.54, 1.807) is 18.9 Å². The van der Waals surface area contributed by atoms with Gasteiger partial charge in [0.05, 0.1) is 10.6 Å². The van der Waals surface area contributed by atoms with Crippen molar-refractivity contribution in [2.45, 2.75) is 12.0 Å². The molecule has 1 aromatic carbocycles. The van der Waals surface area contributed by atoms with Gasteiger partial charge in [0.15, 0.2) is 0 Å². The van der Waals surface area contributed by atoms with Crippen molar-refractivity contribution in [2.75, 3.05) is 30.5 Å². The molecule has 2 N–H and O–H groups in total. The van der Waals surface area contributed by atoms with Gasteiger partial charge < -0.3 is 15.4 Å². The van der Waals surface area contributed by atoms with Gasteiger partial charge in [0, 0.05) is 25.1 Å². The Kier molecular flexibility index (Phi) is 5.66. The van der Waals surface area contributed by atoms with Crippen LogP contribution in [-0.2, 0) is 14.3 Å². The molecule has 2 amide bonds. The largest absolute Gasteiger partial charge is 0.376 e. The smallest absolute Gasteiger partial charge is 0.313 e. The Morgan fingerprint density at radius 3 is 2.82 bits per heavy atom. The number of nitrogens with one attached hydrogen (secondary N) is 2. The summed E-state index contributed by atoms with van der Waals surface area (Å²) in [5, 5.41) is 4.81. The number of rotatable bonds is 4. The Morgan fingerprint density at radius 1 is 1.45 bits per heavy atom. The van der Waals surface area contributed by atoms with E-state index in [1.807, 2.05) is 0 Å². The van der Waals surface area contributed by atoms with E-state index < -0.39 is 23.2 Å². The van der Waals surface area contributed by atoms with Crippen LogP contribution in [0.15, 0.2) is 18.2 Å². The number of benzene rings is 1. The highest BCUT2D eigenvalue weighted by Gasteiger charge is 2.35.